The summed E-state index contributed by atoms with van der Waals surface area (Å²) >= 11 is 1.62. The Balaban J connectivity index is 2.51. The minimum atomic E-state index is -0.315. The molecule has 1 aromatic rings. The fourth-order valence-corrected chi connectivity index (χ4v) is 2.91. The van der Waals surface area contributed by atoms with Crippen LogP contribution in [0.3, 0.4) is 0 Å². The molecule has 0 spiro atoms. The molecule has 114 valence electrons. The van der Waals surface area contributed by atoms with E-state index >= 15 is 0 Å². The van der Waals surface area contributed by atoms with E-state index in [1.54, 1.807) is 11.8 Å². The first-order chi connectivity index (χ1) is 9.34. The van der Waals surface area contributed by atoms with Gasteiger partial charge in [0.2, 0.25) is 0 Å². The van der Waals surface area contributed by atoms with E-state index < -0.39 is 0 Å². The van der Waals surface area contributed by atoms with Gasteiger partial charge in [-0.15, -0.1) is 0 Å². The molecule has 0 heterocycles. The smallest absolute Gasteiger partial charge is 0.144 e. The zero-order valence-electron chi connectivity index (χ0n) is 12.8. The molecule has 4 nitrogen and oxygen atoms in total. The molecule has 0 fully saturated rings. The molecule has 4 N–H and O–H groups in total. The van der Waals surface area contributed by atoms with E-state index in [0.29, 0.717) is 13.2 Å². The molecule has 2 atom stereocenters. The zero-order chi connectivity index (χ0) is 15.2. The van der Waals surface area contributed by atoms with Crippen LogP contribution >= 0.6 is 11.8 Å². The predicted octanol–water partition coefficient (Wildman–Crippen LogP) is 2.88. The van der Waals surface area contributed by atoms with Crippen molar-refractivity contribution in [2.45, 2.75) is 44.1 Å². The van der Waals surface area contributed by atoms with E-state index in [1.165, 1.54) is 0 Å². The van der Waals surface area contributed by atoms with Crippen LogP contribution in [0, 0.1) is 0 Å². The van der Waals surface area contributed by atoms with Crippen LogP contribution in [0.5, 0.6) is 5.75 Å². The van der Waals surface area contributed by atoms with Gasteiger partial charge in [0.25, 0.3) is 0 Å². The van der Waals surface area contributed by atoms with Crippen molar-refractivity contribution in [3.05, 3.63) is 29.8 Å². The van der Waals surface area contributed by atoms with E-state index in [9.17, 15) is 0 Å². The minimum absolute atomic E-state index is 0.0103. The minimum Gasteiger partial charge on any atom is -0.480 e. The Kier molecular flexibility index (Phi) is 6.82. The van der Waals surface area contributed by atoms with Gasteiger partial charge in [-0.05, 0) is 45.4 Å². The van der Waals surface area contributed by atoms with Gasteiger partial charge in [-0.25, -0.2) is 0 Å². The lowest BCUT2D eigenvalue weighted by Crippen LogP contribution is -2.27. The van der Waals surface area contributed by atoms with Gasteiger partial charge in [-0.1, -0.05) is 23.9 Å². The largest absolute Gasteiger partial charge is 0.480 e. The Hall–Kier alpha value is -0.750. The Labute approximate surface area is 126 Å². The second-order valence-electron chi connectivity index (χ2n) is 5.20. The van der Waals surface area contributed by atoms with E-state index in [1.807, 2.05) is 52.0 Å². The van der Waals surface area contributed by atoms with Crippen LogP contribution in [0.1, 0.15) is 39.3 Å². The van der Waals surface area contributed by atoms with Crippen LogP contribution < -0.4 is 16.2 Å². The first-order valence-electron chi connectivity index (χ1n) is 6.88. The molecule has 0 aliphatic rings. The van der Waals surface area contributed by atoms with Gasteiger partial charge < -0.3 is 20.9 Å². The van der Waals surface area contributed by atoms with E-state index in [4.69, 9.17) is 20.9 Å². The summed E-state index contributed by atoms with van der Waals surface area (Å²) in [5.41, 5.74) is 12.4. The van der Waals surface area contributed by atoms with Crippen LogP contribution in [-0.4, -0.2) is 23.5 Å². The van der Waals surface area contributed by atoms with E-state index in [0.717, 1.165) is 11.3 Å². The highest BCUT2D eigenvalue weighted by atomic mass is 32.2. The third kappa shape index (κ3) is 6.13. The summed E-state index contributed by atoms with van der Waals surface area (Å²) < 4.78 is 11.6. The van der Waals surface area contributed by atoms with Gasteiger partial charge in [-0.3, -0.25) is 0 Å². The monoisotopic (exact) mass is 298 g/mol. The van der Waals surface area contributed by atoms with Crippen LogP contribution in [0.15, 0.2) is 24.3 Å². The van der Waals surface area contributed by atoms with Crippen molar-refractivity contribution in [1.82, 2.24) is 0 Å². The summed E-state index contributed by atoms with van der Waals surface area (Å²) in [6.45, 7) is 9.09. The van der Waals surface area contributed by atoms with Crippen molar-refractivity contribution >= 4 is 11.8 Å². The second-order valence-corrected chi connectivity index (χ2v) is 7.08. The van der Waals surface area contributed by atoms with Gasteiger partial charge in [0.15, 0.2) is 0 Å². The van der Waals surface area contributed by atoms with Gasteiger partial charge in [-0.2, -0.15) is 0 Å². The van der Waals surface area contributed by atoms with E-state index in [2.05, 4.69) is 0 Å². The van der Waals surface area contributed by atoms with Gasteiger partial charge >= 0.3 is 0 Å². The van der Waals surface area contributed by atoms with E-state index in [-0.39, 0.29) is 16.4 Å². The summed E-state index contributed by atoms with van der Waals surface area (Å²) in [7, 11) is 0. The molecule has 1 rings (SSSR count). The average Bonchev–Trinajstić information content (AvgIpc) is 2.36. The molecule has 5 heteroatoms. The first kappa shape index (κ1) is 17.3. The molecular weight excluding hydrogens is 272 g/mol. The summed E-state index contributed by atoms with van der Waals surface area (Å²) in [6.07, 6.45) is 0. The van der Waals surface area contributed by atoms with Crippen LogP contribution in [0.2, 0.25) is 0 Å². The lowest BCUT2D eigenvalue weighted by molar-refractivity contribution is 0.0562. The number of hydrogen-bond donors (Lipinski definition) is 2. The molecule has 0 aliphatic heterocycles. The van der Waals surface area contributed by atoms with Crippen LogP contribution in [0.4, 0.5) is 0 Å². The topological polar surface area (TPSA) is 70.5 Å². The summed E-state index contributed by atoms with van der Waals surface area (Å²) in [5.74, 6) is 0.837. The first-order valence-corrected chi connectivity index (χ1v) is 7.76. The summed E-state index contributed by atoms with van der Waals surface area (Å²) in [6, 6.07) is 7.92. The van der Waals surface area contributed by atoms with Crippen LogP contribution in [0.25, 0.3) is 0 Å². The average molecular weight is 298 g/mol. The Morgan fingerprint density at radius 2 is 1.80 bits per heavy atom. The number of thioether (sulfide) groups is 1. The molecule has 0 saturated carbocycles. The number of ether oxygens (including phenoxy) is 2. The standard InChI is InChI=1S/C15H26N2O2S/c1-11(17)13-5-7-14(8-6-13)19-12(2)20-15(3,4)18-10-9-16/h5-8,11-12H,9-10,16-17H2,1-4H3. The fraction of sp³-hybridized carbons (Fsp3) is 0.600. The fourth-order valence-electron chi connectivity index (χ4n) is 1.80. The molecule has 0 bridgehead atoms. The number of benzene rings is 1. The van der Waals surface area contributed by atoms with Gasteiger partial charge in [0.1, 0.15) is 16.1 Å². The van der Waals surface area contributed by atoms with Crippen molar-refractivity contribution in [3.63, 3.8) is 0 Å². The maximum absolute atomic E-state index is 5.88. The molecule has 0 aliphatic carbocycles. The molecule has 0 aromatic heterocycles. The molecule has 1 aromatic carbocycles. The molecule has 20 heavy (non-hydrogen) atoms. The summed E-state index contributed by atoms with van der Waals surface area (Å²) in [4.78, 5) is -0.315. The van der Waals surface area contributed by atoms with Crippen LogP contribution in [-0.2, 0) is 4.74 Å². The SMILES string of the molecule is CC(Oc1ccc(C(C)N)cc1)SC(C)(C)OCCN. The van der Waals surface area contributed by atoms with Crippen molar-refractivity contribution in [2.24, 2.45) is 11.5 Å². The van der Waals surface area contributed by atoms with Crippen molar-refractivity contribution < 1.29 is 9.47 Å². The third-order valence-electron chi connectivity index (χ3n) is 2.73. The maximum Gasteiger partial charge on any atom is 0.144 e. The highest BCUT2D eigenvalue weighted by Gasteiger charge is 2.23. The number of nitrogens with two attached hydrogens (primary N) is 2. The highest BCUT2D eigenvalue weighted by molar-refractivity contribution is 8.00. The number of hydrogen-bond acceptors (Lipinski definition) is 5. The summed E-state index contributed by atoms with van der Waals surface area (Å²) in [5, 5.41) is 0. The Morgan fingerprint density at radius 3 is 2.30 bits per heavy atom. The maximum atomic E-state index is 5.88. The Bertz CT molecular complexity index is 393. The quantitative estimate of drug-likeness (QED) is 0.722. The van der Waals surface area contributed by atoms with Crippen molar-refractivity contribution in [2.75, 3.05) is 13.2 Å². The molecule has 0 saturated heterocycles. The second kappa shape index (κ2) is 7.88. The molecular formula is C15H26N2O2S. The Morgan fingerprint density at radius 1 is 1.20 bits per heavy atom. The zero-order valence-corrected chi connectivity index (χ0v) is 13.6. The van der Waals surface area contributed by atoms with Crippen molar-refractivity contribution in [3.8, 4) is 5.75 Å². The van der Waals surface area contributed by atoms with Crippen molar-refractivity contribution in [1.29, 1.82) is 0 Å². The highest BCUT2D eigenvalue weighted by Crippen LogP contribution is 2.31. The molecule has 2 unspecified atom stereocenters. The normalized spacial score (nSPS) is 14.9. The number of rotatable bonds is 8. The third-order valence-corrected chi connectivity index (χ3v) is 3.84. The molecule has 0 radical (unpaired) electrons. The predicted molar refractivity (Wildman–Crippen MR) is 85.8 cm³/mol. The van der Waals surface area contributed by atoms with Gasteiger partial charge in [0, 0.05) is 12.6 Å². The van der Waals surface area contributed by atoms with Gasteiger partial charge in [0.05, 0.1) is 6.61 Å². The lowest BCUT2D eigenvalue weighted by Gasteiger charge is -2.28. The lowest BCUT2D eigenvalue weighted by atomic mass is 10.1. The molecule has 0 amide bonds.